The average molecular weight is 246 g/mol. The standard InChI is InChI=1S/C15H22N2O/c1-3-11(2)14(16)15(18)17-9-8-12-6-4-5-7-13(12)10-17/h4-7,11,14H,3,8-10,16H2,1-2H3/t11-,14-/m0/s1. The molecule has 0 unspecified atom stereocenters. The van der Waals surface area contributed by atoms with Crippen LogP contribution in [0.25, 0.3) is 0 Å². The van der Waals surface area contributed by atoms with E-state index in [-0.39, 0.29) is 17.9 Å². The second kappa shape index (κ2) is 5.53. The highest BCUT2D eigenvalue weighted by atomic mass is 16.2. The number of hydrogen-bond acceptors (Lipinski definition) is 2. The molecule has 1 heterocycles. The summed E-state index contributed by atoms with van der Waals surface area (Å²) in [5.41, 5.74) is 8.65. The molecule has 18 heavy (non-hydrogen) atoms. The minimum atomic E-state index is -0.361. The Kier molecular flexibility index (Phi) is 4.02. The maximum Gasteiger partial charge on any atom is 0.240 e. The van der Waals surface area contributed by atoms with Gasteiger partial charge in [0.1, 0.15) is 0 Å². The van der Waals surface area contributed by atoms with Gasteiger partial charge in [0.2, 0.25) is 5.91 Å². The number of rotatable bonds is 3. The number of carbonyl (C=O) groups excluding carboxylic acids is 1. The summed E-state index contributed by atoms with van der Waals surface area (Å²) in [6.07, 6.45) is 1.88. The molecule has 2 atom stereocenters. The molecule has 0 aromatic heterocycles. The van der Waals surface area contributed by atoms with Gasteiger partial charge < -0.3 is 10.6 Å². The zero-order valence-corrected chi connectivity index (χ0v) is 11.2. The first-order valence-corrected chi connectivity index (χ1v) is 6.74. The molecule has 1 aliphatic rings. The molecule has 0 radical (unpaired) electrons. The highest BCUT2D eigenvalue weighted by Gasteiger charge is 2.27. The van der Waals surface area contributed by atoms with Gasteiger partial charge >= 0.3 is 0 Å². The third-order valence-electron chi connectivity index (χ3n) is 3.98. The van der Waals surface area contributed by atoms with Gasteiger partial charge in [-0.15, -0.1) is 0 Å². The third kappa shape index (κ3) is 2.56. The smallest absolute Gasteiger partial charge is 0.240 e. The number of hydrogen-bond donors (Lipinski definition) is 1. The van der Waals surface area contributed by atoms with Crippen molar-refractivity contribution in [3.05, 3.63) is 35.4 Å². The van der Waals surface area contributed by atoms with E-state index in [9.17, 15) is 4.79 Å². The van der Waals surface area contributed by atoms with Crippen molar-refractivity contribution in [2.24, 2.45) is 11.7 Å². The van der Waals surface area contributed by atoms with Crippen LogP contribution in [-0.2, 0) is 17.8 Å². The SMILES string of the molecule is CC[C@H](C)[C@H](N)C(=O)N1CCc2ccccc2C1. The van der Waals surface area contributed by atoms with E-state index in [0.717, 1.165) is 19.4 Å². The van der Waals surface area contributed by atoms with Gasteiger partial charge in [-0.25, -0.2) is 0 Å². The van der Waals surface area contributed by atoms with Gasteiger partial charge in [0.25, 0.3) is 0 Å². The van der Waals surface area contributed by atoms with Crippen LogP contribution in [-0.4, -0.2) is 23.4 Å². The fraction of sp³-hybridized carbons (Fsp3) is 0.533. The van der Waals surface area contributed by atoms with Crippen LogP contribution in [0.4, 0.5) is 0 Å². The highest BCUT2D eigenvalue weighted by molar-refractivity contribution is 5.82. The zero-order chi connectivity index (χ0) is 13.1. The largest absolute Gasteiger partial charge is 0.337 e. The van der Waals surface area contributed by atoms with Crippen LogP contribution in [0.3, 0.4) is 0 Å². The van der Waals surface area contributed by atoms with Crippen molar-refractivity contribution < 1.29 is 4.79 Å². The Hall–Kier alpha value is -1.35. The van der Waals surface area contributed by atoms with Crippen molar-refractivity contribution in [3.8, 4) is 0 Å². The number of nitrogens with zero attached hydrogens (tertiary/aromatic N) is 1. The fourth-order valence-corrected chi connectivity index (χ4v) is 2.39. The van der Waals surface area contributed by atoms with Crippen LogP contribution in [0.15, 0.2) is 24.3 Å². The summed E-state index contributed by atoms with van der Waals surface area (Å²) >= 11 is 0. The number of amides is 1. The minimum absolute atomic E-state index is 0.0962. The lowest BCUT2D eigenvalue weighted by molar-refractivity contribution is -0.134. The summed E-state index contributed by atoms with van der Waals surface area (Å²) in [4.78, 5) is 14.2. The minimum Gasteiger partial charge on any atom is -0.337 e. The Bertz CT molecular complexity index is 430. The average Bonchev–Trinajstić information content (AvgIpc) is 2.44. The molecule has 0 bridgehead atoms. The van der Waals surface area contributed by atoms with Crippen LogP contribution in [0, 0.1) is 5.92 Å². The maximum atomic E-state index is 12.3. The first-order chi connectivity index (χ1) is 8.63. The molecular weight excluding hydrogens is 224 g/mol. The third-order valence-corrected chi connectivity index (χ3v) is 3.98. The lowest BCUT2D eigenvalue weighted by Crippen LogP contribution is -2.48. The molecule has 1 amide bonds. The van der Waals surface area contributed by atoms with Crippen LogP contribution >= 0.6 is 0 Å². The van der Waals surface area contributed by atoms with Crippen molar-refractivity contribution >= 4 is 5.91 Å². The molecule has 1 aromatic rings. The van der Waals surface area contributed by atoms with E-state index in [1.807, 2.05) is 17.9 Å². The summed E-state index contributed by atoms with van der Waals surface area (Å²) in [5.74, 6) is 0.341. The number of nitrogens with two attached hydrogens (primary N) is 1. The van der Waals surface area contributed by atoms with E-state index in [4.69, 9.17) is 5.73 Å². The van der Waals surface area contributed by atoms with E-state index in [2.05, 4.69) is 25.1 Å². The van der Waals surface area contributed by atoms with Gasteiger partial charge in [0, 0.05) is 13.1 Å². The van der Waals surface area contributed by atoms with Crippen LogP contribution in [0.5, 0.6) is 0 Å². The van der Waals surface area contributed by atoms with Crippen molar-refractivity contribution in [1.29, 1.82) is 0 Å². The second-order valence-corrected chi connectivity index (χ2v) is 5.19. The van der Waals surface area contributed by atoms with Gasteiger partial charge in [-0.05, 0) is 23.5 Å². The predicted molar refractivity (Wildman–Crippen MR) is 73.0 cm³/mol. The maximum absolute atomic E-state index is 12.3. The van der Waals surface area contributed by atoms with Gasteiger partial charge in [-0.2, -0.15) is 0 Å². The summed E-state index contributed by atoms with van der Waals surface area (Å²) in [6.45, 7) is 5.61. The Morgan fingerprint density at radius 2 is 2.06 bits per heavy atom. The first kappa shape index (κ1) is 13.1. The normalized spacial score (nSPS) is 18.1. The second-order valence-electron chi connectivity index (χ2n) is 5.19. The van der Waals surface area contributed by atoms with Crippen LogP contribution in [0.1, 0.15) is 31.4 Å². The molecule has 1 aliphatic heterocycles. The molecule has 2 N–H and O–H groups in total. The Morgan fingerprint density at radius 1 is 1.39 bits per heavy atom. The number of benzene rings is 1. The van der Waals surface area contributed by atoms with Crippen molar-refractivity contribution in [2.45, 2.75) is 39.3 Å². The topological polar surface area (TPSA) is 46.3 Å². The Balaban J connectivity index is 2.07. The van der Waals surface area contributed by atoms with Crippen molar-refractivity contribution in [3.63, 3.8) is 0 Å². The molecule has 2 rings (SSSR count). The summed E-state index contributed by atoms with van der Waals surface area (Å²) in [6, 6.07) is 7.97. The zero-order valence-electron chi connectivity index (χ0n) is 11.2. The van der Waals surface area contributed by atoms with Crippen LogP contribution in [0.2, 0.25) is 0 Å². The highest BCUT2D eigenvalue weighted by Crippen LogP contribution is 2.20. The van der Waals surface area contributed by atoms with Gasteiger partial charge in [0.05, 0.1) is 6.04 Å². The monoisotopic (exact) mass is 246 g/mol. The summed E-state index contributed by atoms with van der Waals surface area (Å²) in [5, 5.41) is 0. The van der Waals surface area contributed by atoms with Gasteiger partial charge in [-0.3, -0.25) is 4.79 Å². The van der Waals surface area contributed by atoms with E-state index in [1.165, 1.54) is 11.1 Å². The molecule has 3 nitrogen and oxygen atoms in total. The molecule has 0 saturated heterocycles. The number of fused-ring (bicyclic) bond motifs is 1. The predicted octanol–water partition coefficient (Wildman–Crippen LogP) is 1.94. The Morgan fingerprint density at radius 3 is 2.72 bits per heavy atom. The number of carbonyl (C=O) groups is 1. The molecule has 1 aromatic carbocycles. The molecule has 0 aliphatic carbocycles. The molecule has 0 saturated carbocycles. The molecule has 0 fully saturated rings. The van der Waals surface area contributed by atoms with Crippen molar-refractivity contribution in [1.82, 2.24) is 4.90 Å². The van der Waals surface area contributed by atoms with Gasteiger partial charge in [-0.1, -0.05) is 44.5 Å². The Labute approximate surface area is 109 Å². The lowest BCUT2D eigenvalue weighted by atomic mass is 9.96. The van der Waals surface area contributed by atoms with E-state index < -0.39 is 0 Å². The molecular formula is C15H22N2O. The van der Waals surface area contributed by atoms with E-state index in [0.29, 0.717) is 6.54 Å². The lowest BCUT2D eigenvalue weighted by Gasteiger charge is -2.32. The van der Waals surface area contributed by atoms with E-state index >= 15 is 0 Å². The molecule has 98 valence electrons. The van der Waals surface area contributed by atoms with E-state index in [1.54, 1.807) is 0 Å². The quantitative estimate of drug-likeness (QED) is 0.886. The van der Waals surface area contributed by atoms with Crippen molar-refractivity contribution in [2.75, 3.05) is 6.54 Å². The molecule has 3 heteroatoms. The van der Waals surface area contributed by atoms with Gasteiger partial charge in [0.15, 0.2) is 0 Å². The summed E-state index contributed by atoms with van der Waals surface area (Å²) in [7, 11) is 0. The fourth-order valence-electron chi connectivity index (χ4n) is 2.39. The van der Waals surface area contributed by atoms with Crippen LogP contribution < -0.4 is 5.73 Å². The first-order valence-electron chi connectivity index (χ1n) is 6.74. The summed E-state index contributed by atoms with van der Waals surface area (Å²) < 4.78 is 0. The molecule has 0 spiro atoms.